The first-order chi connectivity index (χ1) is 14.8. The van der Waals surface area contributed by atoms with Gasteiger partial charge < -0.3 is 10.1 Å². The van der Waals surface area contributed by atoms with Gasteiger partial charge in [0.25, 0.3) is 5.91 Å². The molecule has 31 heavy (non-hydrogen) atoms. The maximum absolute atomic E-state index is 12.6. The lowest BCUT2D eigenvalue weighted by molar-refractivity contribution is -0.124. The first-order valence-corrected chi connectivity index (χ1v) is 10.4. The molecular weight excluding hydrogens is 390 g/mol. The number of carbonyl (C=O) groups is 2. The van der Waals surface area contributed by atoms with Crippen LogP contribution in [0.1, 0.15) is 51.3 Å². The molecule has 162 valence electrons. The van der Waals surface area contributed by atoms with E-state index in [1.165, 1.54) is 5.56 Å². The second-order valence-electron chi connectivity index (χ2n) is 7.88. The summed E-state index contributed by atoms with van der Waals surface area (Å²) in [7, 11) is 0. The van der Waals surface area contributed by atoms with Crippen LogP contribution in [0.5, 0.6) is 0 Å². The lowest BCUT2D eigenvalue weighted by atomic mass is 10.0. The van der Waals surface area contributed by atoms with Crippen LogP contribution in [0.15, 0.2) is 54.6 Å². The van der Waals surface area contributed by atoms with Gasteiger partial charge in [0.05, 0.1) is 17.9 Å². The Kier molecular flexibility index (Phi) is 7.23. The van der Waals surface area contributed by atoms with Crippen molar-refractivity contribution in [1.82, 2.24) is 15.1 Å². The van der Waals surface area contributed by atoms with Crippen LogP contribution in [0, 0.1) is 20.8 Å². The molecule has 1 heterocycles. The van der Waals surface area contributed by atoms with Crippen molar-refractivity contribution in [3.05, 3.63) is 88.2 Å². The third-order valence-electron chi connectivity index (χ3n) is 5.35. The van der Waals surface area contributed by atoms with Gasteiger partial charge in [-0.15, -0.1) is 0 Å². The Morgan fingerprint density at radius 3 is 2.39 bits per heavy atom. The van der Waals surface area contributed by atoms with Crippen molar-refractivity contribution in [2.75, 3.05) is 13.2 Å². The molecule has 0 spiro atoms. The molecular formula is C25H29N3O3. The summed E-state index contributed by atoms with van der Waals surface area (Å²) in [5.74, 6) is -0.680. The second kappa shape index (κ2) is 10.1. The third kappa shape index (κ3) is 5.81. The minimum Gasteiger partial charge on any atom is -0.452 e. The van der Waals surface area contributed by atoms with E-state index in [1.54, 1.807) is 11.6 Å². The molecule has 0 aliphatic heterocycles. The first kappa shape index (κ1) is 22.3. The summed E-state index contributed by atoms with van der Waals surface area (Å²) >= 11 is 0. The monoisotopic (exact) mass is 419 g/mol. The van der Waals surface area contributed by atoms with Gasteiger partial charge in [-0.05, 0) is 37.8 Å². The number of carbonyl (C=O) groups excluding carboxylic acids is 2. The molecule has 0 saturated carbocycles. The lowest BCUT2D eigenvalue weighted by Gasteiger charge is -2.13. The Morgan fingerprint density at radius 2 is 1.71 bits per heavy atom. The molecule has 0 unspecified atom stereocenters. The van der Waals surface area contributed by atoms with Gasteiger partial charge in [0.1, 0.15) is 5.56 Å². The van der Waals surface area contributed by atoms with Gasteiger partial charge in [0.2, 0.25) is 0 Å². The number of hydrogen-bond donors (Lipinski definition) is 1. The van der Waals surface area contributed by atoms with E-state index in [9.17, 15) is 9.59 Å². The van der Waals surface area contributed by atoms with Crippen LogP contribution in [0.2, 0.25) is 0 Å². The van der Waals surface area contributed by atoms with Gasteiger partial charge in [-0.25, -0.2) is 4.79 Å². The fourth-order valence-electron chi connectivity index (χ4n) is 3.43. The highest BCUT2D eigenvalue weighted by molar-refractivity contribution is 5.93. The second-order valence-corrected chi connectivity index (χ2v) is 7.88. The summed E-state index contributed by atoms with van der Waals surface area (Å²) in [5, 5.41) is 7.31. The number of aryl methyl sites for hydroxylation is 2. The molecule has 0 aliphatic carbocycles. The summed E-state index contributed by atoms with van der Waals surface area (Å²) in [6, 6.07) is 18.1. The van der Waals surface area contributed by atoms with Crippen LogP contribution < -0.4 is 5.32 Å². The number of ether oxygens (including phenoxy) is 1. The van der Waals surface area contributed by atoms with Crippen molar-refractivity contribution in [3.63, 3.8) is 0 Å². The fourth-order valence-corrected chi connectivity index (χ4v) is 3.43. The van der Waals surface area contributed by atoms with Gasteiger partial charge in [-0.3, -0.25) is 9.48 Å². The van der Waals surface area contributed by atoms with E-state index in [0.29, 0.717) is 24.3 Å². The van der Waals surface area contributed by atoms with Crippen molar-refractivity contribution >= 4 is 11.9 Å². The van der Waals surface area contributed by atoms with Crippen LogP contribution in [-0.2, 0) is 16.1 Å². The predicted molar refractivity (Wildman–Crippen MR) is 120 cm³/mol. The summed E-state index contributed by atoms with van der Waals surface area (Å²) in [6.45, 7) is 8.42. The molecule has 0 aliphatic rings. The van der Waals surface area contributed by atoms with Crippen LogP contribution in [-0.4, -0.2) is 34.8 Å². The highest BCUT2D eigenvalue weighted by atomic mass is 16.5. The number of rotatable bonds is 8. The molecule has 1 atom stereocenters. The number of esters is 1. The van der Waals surface area contributed by atoms with E-state index in [2.05, 4.69) is 10.4 Å². The van der Waals surface area contributed by atoms with E-state index < -0.39 is 5.97 Å². The van der Waals surface area contributed by atoms with Gasteiger partial charge in [-0.1, -0.05) is 67.1 Å². The maximum atomic E-state index is 12.6. The van der Waals surface area contributed by atoms with E-state index in [-0.39, 0.29) is 18.4 Å². The highest BCUT2D eigenvalue weighted by Crippen LogP contribution is 2.17. The summed E-state index contributed by atoms with van der Waals surface area (Å²) < 4.78 is 7.05. The Bertz CT molecular complexity index is 1040. The number of amides is 1. The van der Waals surface area contributed by atoms with Crippen LogP contribution in [0.3, 0.4) is 0 Å². The Hall–Kier alpha value is -3.41. The van der Waals surface area contributed by atoms with Crippen molar-refractivity contribution in [3.8, 4) is 0 Å². The van der Waals surface area contributed by atoms with Crippen LogP contribution in [0.25, 0.3) is 0 Å². The average molecular weight is 420 g/mol. The minimum absolute atomic E-state index is 0.172. The summed E-state index contributed by atoms with van der Waals surface area (Å²) in [4.78, 5) is 24.8. The van der Waals surface area contributed by atoms with E-state index in [4.69, 9.17) is 4.74 Å². The molecule has 1 amide bonds. The fraction of sp³-hybridized carbons (Fsp3) is 0.320. The van der Waals surface area contributed by atoms with Crippen LogP contribution >= 0.6 is 0 Å². The molecule has 0 fully saturated rings. The zero-order chi connectivity index (χ0) is 22.4. The standard InChI is InChI=1S/C25H29N3O3/c1-17-10-12-21(13-11-17)15-28-20(4)24(19(3)27-28)25(30)31-16-23(29)26-14-18(2)22-8-6-5-7-9-22/h5-13,18H,14-16H2,1-4H3,(H,26,29)/t18-/m0/s1. The smallest absolute Gasteiger partial charge is 0.342 e. The van der Waals surface area contributed by atoms with Crippen molar-refractivity contribution < 1.29 is 14.3 Å². The molecule has 3 aromatic rings. The van der Waals surface area contributed by atoms with Crippen LogP contribution in [0.4, 0.5) is 0 Å². The molecule has 2 aromatic carbocycles. The number of nitrogens with zero attached hydrogens (tertiary/aromatic N) is 2. The Balaban J connectivity index is 1.54. The summed E-state index contributed by atoms with van der Waals surface area (Å²) in [5.41, 5.74) is 5.17. The maximum Gasteiger partial charge on any atom is 0.342 e. The number of aromatic nitrogens is 2. The molecule has 1 aromatic heterocycles. The summed E-state index contributed by atoms with van der Waals surface area (Å²) in [6.07, 6.45) is 0. The van der Waals surface area contributed by atoms with Gasteiger partial charge in [-0.2, -0.15) is 5.10 Å². The zero-order valence-electron chi connectivity index (χ0n) is 18.5. The molecule has 0 saturated heterocycles. The third-order valence-corrected chi connectivity index (χ3v) is 5.35. The van der Waals surface area contributed by atoms with E-state index >= 15 is 0 Å². The molecule has 3 rings (SSSR count). The average Bonchev–Trinajstić information content (AvgIpc) is 3.05. The van der Waals surface area contributed by atoms with Crippen molar-refractivity contribution in [2.45, 2.75) is 40.2 Å². The lowest BCUT2D eigenvalue weighted by Crippen LogP contribution is -2.31. The van der Waals surface area contributed by atoms with Gasteiger partial charge in [0.15, 0.2) is 6.61 Å². The van der Waals surface area contributed by atoms with Gasteiger partial charge in [0, 0.05) is 6.54 Å². The molecule has 0 radical (unpaired) electrons. The molecule has 6 heteroatoms. The Labute approximate surface area is 183 Å². The number of nitrogens with one attached hydrogen (secondary N) is 1. The van der Waals surface area contributed by atoms with Crippen molar-refractivity contribution in [1.29, 1.82) is 0 Å². The highest BCUT2D eigenvalue weighted by Gasteiger charge is 2.21. The van der Waals surface area contributed by atoms with Gasteiger partial charge >= 0.3 is 5.97 Å². The minimum atomic E-state index is -0.531. The number of benzene rings is 2. The number of hydrogen-bond acceptors (Lipinski definition) is 4. The largest absolute Gasteiger partial charge is 0.452 e. The topological polar surface area (TPSA) is 73.2 Å². The first-order valence-electron chi connectivity index (χ1n) is 10.4. The van der Waals surface area contributed by atoms with Crippen molar-refractivity contribution in [2.24, 2.45) is 0 Å². The predicted octanol–water partition coefficient (Wildman–Crippen LogP) is 3.93. The quantitative estimate of drug-likeness (QED) is 0.562. The normalized spacial score (nSPS) is 11.7. The molecule has 1 N–H and O–H groups in total. The Morgan fingerprint density at radius 1 is 1.03 bits per heavy atom. The molecule has 0 bridgehead atoms. The SMILES string of the molecule is Cc1ccc(Cn2nc(C)c(C(=O)OCC(=O)NC[C@H](C)c3ccccc3)c2C)cc1. The van der Waals surface area contributed by atoms with E-state index in [1.807, 2.05) is 75.4 Å². The molecule has 6 nitrogen and oxygen atoms in total. The zero-order valence-corrected chi connectivity index (χ0v) is 18.5. The van der Waals surface area contributed by atoms with E-state index in [0.717, 1.165) is 16.8 Å².